The lowest BCUT2D eigenvalue weighted by Gasteiger charge is -2.29. The van der Waals surface area contributed by atoms with Gasteiger partial charge in [-0.3, -0.25) is 0 Å². The Bertz CT molecular complexity index is 325. The first-order valence-corrected chi connectivity index (χ1v) is 6.14. The van der Waals surface area contributed by atoms with E-state index in [1.165, 1.54) is 9.80 Å². The molecule has 1 heterocycles. The van der Waals surface area contributed by atoms with E-state index >= 15 is 0 Å². The molecule has 1 fully saturated rings. The van der Waals surface area contributed by atoms with Gasteiger partial charge in [-0.2, -0.15) is 0 Å². The Balaban J connectivity index is 2.51. The van der Waals surface area contributed by atoms with Gasteiger partial charge >= 0.3 is 12.2 Å². The summed E-state index contributed by atoms with van der Waals surface area (Å²) in [4.78, 5) is 25.6. The molecule has 104 valence electrons. The van der Waals surface area contributed by atoms with Crippen LogP contribution in [0.4, 0.5) is 9.59 Å². The molecule has 0 aromatic heterocycles. The summed E-state index contributed by atoms with van der Waals surface area (Å²) in [5.74, 6) is 0. The zero-order chi connectivity index (χ0) is 13.9. The van der Waals surface area contributed by atoms with E-state index in [0.717, 1.165) is 12.8 Å². The van der Waals surface area contributed by atoms with Gasteiger partial charge in [0.15, 0.2) is 0 Å². The zero-order valence-electron chi connectivity index (χ0n) is 11.5. The first-order chi connectivity index (χ1) is 8.20. The third-order valence-corrected chi connectivity index (χ3v) is 2.81. The topological polar surface area (TPSA) is 70.1 Å². The molecule has 18 heavy (non-hydrogen) atoms. The second-order valence-corrected chi connectivity index (χ2v) is 5.63. The average molecular weight is 258 g/mol. The van der Waals surface area contributed by atoms with Crippen LogP contribution in [0.1, 0.15) is 33.6 Å². The van der Waals surface area contributed by atoms with Crippen LogP contribution < -0.4 is 0 Å². The van der Waals surface area contributed by atoms with Crippen molar-refractivity contribution < 1.29 is 19.4 Å². The molecule has 1 rings (SSSR count). The van der Waals surface area contributed by atoms with E-state index in [1.54, 1.807) is 27.8 Å². The lowest BCUT2D eigenvalue weighted by Crippen LogP contribution is -2.44. The van der Waals surface area contributed by atoms with Crippen molar-refractivity contribution in [3.05, 3.63) is 0 Å². The number of carbonyl (C=O) groups is 2. The molecule has 6 heteroatoms. The molecule has 1 aliphatic heterocycles. The molecule has 1 unspecified atom stereocenters. The van der Waals surface area contributed by atoms with Crippen LogP contribution in [0.15, 0.2) is 0 Å². The first kappa shape index (κ1) is 14.6. The van der Waals surface area contributed by atoms with Crippen molar-refractivity contribution in [3.8, 4) is 0 Å². The van der Waals surface area contributed by atoms with E-state index in [4.69, 9.17) is 9.84 Å². The summed E-state index contributed by atoms with van der Waals surface area (Å²) in [6.45, 7) is 6.33. The molecule has 1 saturated heterocycles. The molecule has 0 radical (unpaired) electrons. The van der Waals surface area contributed by atoms with Crippen molar-refractivity contribution in [2.24, 2.45) is 0 Å². The number of ether oxygens (including phenoxy) is 1. The Morgan fingerprint density at radius 3 is 2.56 bits per heavy atom. The summed E-state index contributed by atoms with van der Waals surface area (Å²) in [5, 5.41) is 9.01. The molecular weight excluding hydrogens is 236 g/mol. The highest BCUT2D eigenvalue weighted by atomic mass is 16.6. The summed E-state index contributed by atoms with van der Waals surface area (Å²) in [7, 11) is 1.63. The van der Waals surface area contributed by atoms with Gasteiger partial charge in [-0.05, 0) is 33.6 Å². The predicted octanol–water partition coefficient (Wildman–Crippen LogP) is 2.00. The fraction of sp³-hybridized carbons (Fsp3) is 0.833. The van der Waals surface area contributed by atoms with Gasteiger partial charge in [0.05, 0.1) is 6.04 Å². The second-order valence-electron chi connectivity index (χ2n) is 5.63. The molecule has 0 aromatic rings. The van der Waals surface area contributed by atoms with E-state index in [9.17, 15) is 9.59 Å². The Hall–Kier alpha value is -1.46. The molecule has 1 N–H and O–H groups in total. The lowest BCUT2D eigenvalue weighted by molar-refractivity contribution is 0.0258. The van der Waals surface area contributed by atoms with Crippen molar-refractivity contribution in [3.63, 3.8) is 0 Å². The highest BCUT2D eigenvalue weighted by Gasteiger charge is 2.31. The first-order valence-electron chi connectivity index (χ1n) is 6.14. The number of likely N-dealkylation sites (N-methyl/N-ethyl adjacent to an activating group) is 1. The number of likely N-dealkylation sites (tertiary alicyclic amines) is 1. The van der Waals surface area contributed by atoms with Gasteiger partial charge in [-0.15, -0.1) is 0 Å². The molecular formula is C12H22N2O4. The maximum atomic E-state index is 11.8. The summed E-state index contributed by atoms with van der Waals surface area (Å²) in [5.41, 5.74) is -0.534. The van der Waals surface area contributed by atoms with Crippen molar-refractivity contribution >= 4 is 12.2 Å². The molecule has 1 atom stereocenters. The molecule has 0 spiro atoms. The fourth-order valence-electron chi connectivity index (χ4n) is 2.01. The number of carboxylic acid groups (broad SMARTS) is 1. The third-order valence-electron chi connectivity index (χ3n) is 2.81. The SMILES string of the molecule is CN(CC1CCCN1C(=O)O)C(=O)OC(C)(C)C. The van der Waals surface area contributed by atoms with Crippen LogP contribution in [0.5, 0.6) is 0 Å². The second kappa shape index (κ2) is 5.46. The monoisotopic (exact) mass is 258 g/mol. The zero-order valence-corrected chi connectivity index (χ0v) is 11.5. The minimum atomic E-state index is -0.921. The molecule has 1 aliphatic rings. The van der Waals surface area contributed by atoms with Gasteiger partial charge in [0.25, 0.3) is 0 Å². The van der Waals surface area contributed by atoms with E-state index in [1.807, 2.05) is 0 Å². The van der Waals surface area contributed by atoms with Gasteiger partial charge < -0.3 is 19.6 Å². The van der Waals surface area contributed by atoms with Gasteiger partial charge in [0.1, 0.15) is 5.60 Å². The quantitative estimate of drug-likeness (QED) is 0.822. The number of amides is 2. The number of rotatable bonds is 2. The standard InChI is InChI=1S/C12H22N2O4/c1-12(2,3)18-11(17)13(4)8-9-6-5-7-14(9)10(15)16/h9H,5-8H2,1-4H3,(H,15,16). The smallest absolute Gasteiger partial charge is 0.410 e. The molecule has 2 amide bonds. The van der Waals surface area contributed by atoms with Crippen molar-refractivity contribution in [2.75, 3.05) is 20.1 Å². The van der Waals surface area contributed by atoms with Crippen LogP contribution >= 0.6 is 0 Å². The average Bonchev–Trinajstić information content (AvgIpc) is 2.62. The van der Waals surface area contributed by atoms with Gasteiger partial charge in [0.2, 0.25) is 0 Å². The third kappa shape index (κ3) is 4.09. The molecule has 6 nitrogen and oxygen atoms in total. The van der Waals surface area contributed by atoms with Crippen LogP contribution in [-0.2, 0) is 4.74 Å². The number of hydrogen-bond acceptors (Lipinski definition) is 3. The van der Waals surface area contributed by atoms with E-state index in [0.29, 0.717) is 13.1 Å². The van der Waals surface area contributed by atoms with Crippen molar-refractivity contribution in [1.29, 1.82) is 0 Å². The van der Waals surface area contributed by atoms with Gasteiger partial charge in [-0.25, -0.2) is 9.59 Å². The Kier molecular flexibility index (Phi) is 4.43. The minimum Gasteiger partial charge on any atom is -0.465 e. The molecule has 0 saturated carbocycles. The van der Waals surface area contributed by atoms with Crippen LogP contribution in [0.2, 0.25) is 0 Å². The van der Waals surface area contributed by atoms with Crippen LogP contribution in [-0.4, -0.2) is 58.9 Å². The number of nitrogens with zero attached hydrogens (tertiary/aromatic N) is 2. The van der Waals surface area contributed by atoms with E-state index < -0.39 is 17.8 Å². The normalized spacial score (nSPS) is 19.8. The summed E-state index contributed by atoms with van der Waals surface area (Å²) >= 11 is 0. The lowest BCUT2D eigenvalue weighted by atomic mass is 10.2. The number of carbonyl (C=O) groups excluding carboxylic acids is 1. The number of hydrogen-bond donors (Lipinski definition) is 1. The largest absolute Gasteiger partial charge is 0.465 e. The fourth-order valence-corrected chi connectivity index (χ4v) is 2.01. The van der Waals surface area contributed by atoms with Crippen molar-refractivity contribution in [2.45, 2.75) is 45.3 Å². The van der Waals surface area contributed by atoms with Crippen molar-refractivity contribution in [1.82, 2.24) is 9.80 Å². The molecule has 0 aliphatic carbocycles. The highest BCUT2D eigenvalue weighted by molar-refractivity contribution is 5.68. The maximum Gasteiger partial charge on any atom is 0.410 e. The highest BCUT2D eigenvalue weighted by Crippen LogP contribution is 2.18. The van der Waals surface area contributed by atoms with E-state index in [-0.39, 0.29) is 6.04 Å². The summed E-state index contributed by atoms with van der Waals surface area (Å²) in [6.07, 6.45) is 0.299. The Labute approximate surface area is 107 Å². The molecule has 0 aromatic carbocycles. The van der Waals surface area contributed by atoms with Gasteiger partial charge in [-0.1, -0.05) is 0 Å². The summed E-state index contributed by atoms with van der Waals surface area (Å²) in [6, 6.07) is -0.125. The predicted molar refractivity (Wildman–Crippen MR) is 66.6 cm³/mol. The summed E-state index contributed by atoms with van der Waals surface area (Å²) < 4.78 is 5.23. The van der Waals surface area contributed by atoms with Crippen LogP contribution in [0.25, 0.3) is 0 Å². The van der Waals surface area contributed by atoms with Gasteiger partial charge in [0, 0.05) is 20.1 Å². The van der Waals surface area contributed by atoms with Crippen LogP contribution in [0.3, 0.4) is 0 Å². The molecule has 0 bridgehead atoms. The Morgan fingerprint density at radius 1 is 1.44 bits per heavy atom. The maximum absolute atomic E-state index is 11.8. The minimum absolute atomic E-state index is 0.125. The van der Waals surface area contributed by atoms with Crippen LogP contribution in [0, 0.1) is 0 Å². The Morgan fingerprint density at radius 2 is 2.06 bits per heavy atom. The van der Waals surface area contributed by atoms with E-state index in [2.05, 4.69) is 0 Å².